The Hall–Kier alpha value is -1.03. The van der Waals surface area contributed by atoms with Gasteiger partial charge in [0.05, 0.1) is 0 Å². The van der Waals surface area contributed by atoms with Gasteiger partial charge in [0, 0.05) is 17.3 Å². The zero-order valence-corrected chi connectivity index (χ0v) is 7.93. The minimum Gasteiger partial charge on any atom is -0.465 e. The van der Waals surface area contributed by atoms with Crippen LogP contribution in [-0.4, -0.2) is 17.7 Å². The molecule has 1 aliphatic rings. The van der Waals surface area contributed by atoms with Gasteiger partial charge in [-0.3, -0.25) is 0 Å². The van der Waals surface area contributed by atoms with Gasteiger partial charge in [0.25, 0.3) is 0 Å². The smallest absolute Gasteiger partial charge is 0.404 e. The monoisotopic (exact) mass is 197 g/mol. The molecular weight excluding hydrogens is 186 g/mol. The number of hydrogen-bond acceptors (Lipinski definition) is 2. The number of carbonyl (C=O) groups is 1. The summed E-state index contributed by atoms with van der Waals surface area (Å²) >= 11 is 1.77. The number of amides is 1. The number of rotatable bonds is 2. The van der Waals surface area contributed by atoms with Crippen LogP contribution in [0.1, 0.15) is 22.8 Å². The largest absolute Gasteiger partial charge is 0.465 e. The van der Waals surface area contributed by atoms with Crippen molar-refractivity contribution in [3.05, 3.63) is 21.9 Å². The molecule has 1 amide bonds. The molecule has 1 aromatic rings. The summed E-state index contributed by atoms with van der Waals surface area (Å²) in [5, 5.41) is 13.0. The molecule has 1 unspecified atom stereocenters. The minimum atomic E-state index is -0.927. The third kappa shape index (κ3) is 1.67. The van der Waals surface area contributed by atoms with Crippen LogP contribution in [0.4, 0.5) is 4.79 Å². The summed E-state index contributed by atoms with van der Waals surface area (Å²) in [4.78, 5) is 11.7. The van der Waals surface area contributed by atoms with Gasteiger partial charge < -0.3 is 10.4 Å². The van der Waals surface area contributed by atoms with Crippen molar-refractivity contribution in [2.75, 3.05) is 6.54 Å². The number of carboxylic acid groups (broad SMARTS) is 1. The van der Waals surface area contributed by atoms with E-state index in [0.29, 0.717) is 12.5 Å². The van der Waals surface area contributed by atoms with E-state index in [2.05, 4.69) is 16.8 Å². The van der Waals surface area contributed by atoms with Gasteiger partial charge in [0.2, 0.25) is 0 Å². The van der Waals surface area contributed by atoms with Gasteiger partial charge in [0.15, 0.2) is 0 Å². The summed E-state index contributed by atoms with van der Waals surface area (Å²) in [5.41, 5.74) is 1.35. The van der Waals surface area contributed by atoms with E-state index in [1.807, 2.05) is 0 Å². The molecule has 0 fully saturated rings. The maximum atomic E-state index is 10.3. The lowest BCUT2D eigenvalue weighted by Gasteiger charge is -2.08. The lowest BCUT2D eigenvalue weighted by Crippen LogP contribution is -2.25. The lowest BCUT2D eigenvalue weighted by atomic mass is 10.0. The van der Waals surface area contributed by atoms with Crippen LogP contribution in [0.3, 0.4) is 0 Å². The Labute approximate surface area is 80.4 Å². The van der Waals surface area contributed by atoms with Crippen molar-refractivity contribution in [2.24, 2.45) is 0 Å². The molecule has 13 heavy (non-hydrogen) atoms. The quantitative estimate of drug-likeness (QED) is 0.762. The fourth-order valence-electron chi connectivity index (χ4n) is 1.80. The van der Waals surface area contributed by atoms with E-state index < -0.39 is 6.09 Å². The van der Waals surface area contributed by atoms with E-state index in [1.165, 1.54) is 10.4 Å². The molecule has 3 nitrogen and oxygen atoms in total. The topological polar surface area (TPSA) is 49.3 Å². The zero-order chi connectivity index (χ0) is 9.26. The van der Waals surface area contributed by atoms with Gasteiger partial charge in [0.1, 0.15) is 0 Å². The van der Waals surface area contributed by atoms with Crippen molar-refractivity contribution in [1.29, 1.82) is 0 Å². The lowest BCUT2D eigenvalue weighted by molar-refractivity contribution is 0.193. The Morgan fingerprint density at radius 3 is 3.38 bits per heavy atom. The van der Waals surface area contributed by atoms with Gasteiger partial charge in [-0.05, 0) is 29.9 Å². The third-order valence-electron chi connectivity index (χ3n) is 2.44. The van der Waals surface area contributed by atoms with Crippen molar-refractivity contribution >= 4 is 17.4 Å². The molecule has 0 aliphatic heterocycles. The minimum absolute atomic E-state index is 0.400. The summed E-state index contributed by atoms with van der Waals surface area (Å²) in [7, 11) is 0. The molecule has 4 heteroatoms. The van der Waals surface area contributed by atoms with Crippen molar-refractivity contribution in [2.45, 2.75) is 18.8 Å². The maximum Gasteiger partial charge on any atom is 0.404 e. The second-order valence-electron chi connectivity index (χ2n) is 3.22. The molecule has 0 spiro atoms. The zero-order valence-electron chi connectivity index (χ0n) is 7.12. The van der Waals surface area contributed by atoms with Crippen LogP contribution >= 0.6 is 11.3 Å². The predicted molar refractivity (Wildman–Crippen MR) is 51.4 cm³/mol. The van der Waals surface area contributed by atoms with Crippen LogP contribution in [0, 0.1) is 0 Å². The third-order valence-corrected chi connectivity index (χ3v) is 3.44. The average Bonchev–Trinajstić information content (AvgIpc) is 2.60. The van der Waals surface area contributed by atoms with Crippen LogP contribution in [0.5, 0.6) is 0 Å². The van der Waals surface area contributed by atoms with E-state index in [-0.39, 0.29) is 0 Å². The Morgan fingerprint density at radius 2 is 2.62 bits per heavy atom. The van der Waals surface area contributed by atoms with E-state index in [9.17, 15) is 4.79 Å². The summed E-state index contributed by atoms with van der Waals surface area (Å²) < 4.78 is 0. The van der Waals surface area contributed by atoms with Gasteiger partial charge in [-0.15, -0.1) is 11.3 Å². The van der Waals surface area contributed by atoms with Crippen LogP contribution in [0.25, 0.3) is 0 Å². The summed E-state index contributed by atoms with van der Waals surface area (Å²) in [5.74, 6) is 0.400. The molecule has 0 aromatic carbocycles. The van der Waals surface area contributed by atoms with Crippen LogP contribution < -0.4 is 5.32 Å². The van der Waals surface area contributed by atoms with Gasteiger partial charge in [-0.1, -0.05) is 0 Å². The highest BCUT2D eigenvalue weighted by molar-refractivity contribution is 7.10. The summed E-state index contributed by atoms with van der Waals surface area (Å²) in [6, 6.07) is 2.11. The molecule has 0 radical (unpaired) electrons. The fourth-order valence-corrected chi connectivity index (χ4v) is 2.79. The van der Waals surface area contributed by atoms with Gasteiger partial charge in [-0.2, -0.15) is 0 Å². The SMILES string of the molecule is O=C(O)NCC1CCc2sccc21. The Bertz CT molecular complexity index is 321. The summed E-state index contributed by atoms with van der Waals surface area (Å²) in [6.45, 7) is 0.555. The van der Waals surface area contributed by atoms with Crippen LogP contribution in [0.2, 0.25) is 0 Å². The first kappa shape index (κ1) is 8.56. The van der Waals surface area contributed by atoms with E-state index in [4.69, 9.17) is 5.11 Å². The van der Waals surface area contributed by atoms with Crippen molar-refractivity contribution in [3.63, 3.8) is 0 Å². The van der Waals surface area contributed by atoms with E-state index in [0.717, 1.165) is 12.8 Å². The molecule has 2 N–H and O–H groups in total. The normalized spacial score (nSPS) is 19.8. The molecule has 70 valence electrons. The first-order valence-electron chi connectivity index (χ1n) is 4.30. The van der Waals surface area contributed by atoms with Crippen molar-refractivity contribution in [1.82, 2.24) is 5.32 Å². The molecular formula is C9H11NO2S. The Kier molecular flexibility index (Phi) is 2.22. The second-order valence-corrected chi connectivity index (χ2v) is 4.22. The highest BCUT2D eigenvalue weighted by atomic mass is 32.1. The standard InChI is InChI=1S/C9H11NO2S/c11-9(12)10-5-6-1-2-8-7(6)3-4-13-8/h3-4,6,10H,1-2,5H2,(H,11,12). The second kappa shape index (κ2) is 3.38. The first-order valence-corrected chi connectivity index (χ1v) is 5.18. The number of thiophene rings is 1. The van der Waals surface area contributed by atoms with Crippen molar-refractivity contribution < 1.29 is 9.90 Å². The predicted octanol–water partition coefficient (Wildman–Crippen LogP) is 2.05. The van der Waals surface area contributed by atoms with Crippen LogP contribution in [-0.2, 0) is 6.42 Å². The fraction of sp³-hybridized carbons (Fsp3) is 0.444. The van der Waals surface area contributed by atoms with Crippen LogP contribution in [0.15, 0.2) is 11.4 Å². The Balaban J connectivity index is 2.00. The van der Waals surface area contributed by atoms with Gasteiger partial charge in [-0.25, -0.2) is 4.79 Å². The molecule has 0 bridgehead atoms. The first-order chi connectivity index (χ1) is 6.27. The Morgan fingerprint density at radius 1 is 1.77 bits per heavy atom. The molecule has 1 heterocycles. The molecule has 1 aromatic heterocycles. The number of nitrogens with one attached hydrogen (secondary N) is 1. The summed E-state index contributed by atoms with van der Waals surface area (Å²) in [6.07, 6.45) is 1.27. The molecule has 1 atom stereocenters. The highest BCUT2D eigenvalue weighted by Gasteiger charge is 2.23. The highest BCUT2D eigenvalue weighted by Crippen LogP contribution is 2.35. The number of fused-ring (bicyclic) bond motifs is 1. The van der Waals surface area contributed by atoms with E-state index >= 15 is 0 Å². The molecule has 2 rings (SSSR count). The van der Waals surface area contributed by atoms with E-state index in [1.54, 1.807) is 11.3 Å². The van der Waals surface area contributed by atoms with Gasteiger partial charge >= 0.3 is 6.09 Å². The molecule has 0 saturated carbocycles. The average molecular weight is 197 g/mol. The maximum absolute atomic E-state index is 10.3. The number of hydrogen-bond donors (Lipinski definition) is 2. The van der Waals surface area contributed by atoms with Crippen molar-refractivity contribution in [3.8, 4) is 0 Å². The molecule has 1 aliphatic carbocycles. The number of aryl methyl sites for hydroxylation is 1. The molecule has 0 saturated heterocycles.